The second-order valence-corrected chi connectivity index (χ2v) is 4.51. The van der Waals surface area contributed by atoms with Crippen LogP contribution in [0.2, 0.25) is 0 Å². The van der Waals surface area contributed by atoms with Crippen LogP contribution in [0.3, 0.4) is 0 Å². The van der Waals surface area contributed by atoms with E-state index < -0.39 is 0 Å². The zero-order chi connectivity index (χ0) is 10.2. The van der Waals surface area contributed by atoms with Gasteiger partial charge in [-0.1, -0.05) is 26.8 Å². The summed E-state index contributed by atoms with van der Waals surface area (Å²) in [4.78, 5) is 22.5. The first kappa shape index (κ1) is 9.96. The average molecular weight is 181 g/mol. The molecule has 1 aliphatic heterocycles. The van der Waals surface area contributed by atoms with Gasteiger partial charge >= 0.3 is 0 Å². The van der Waals surface area contributed by atoms with Crippen molar-refractivity contribution in [1.29, 1.82) is 0 Å². The van der Waals surface area contributed by atoms with Crippen LogP contribution in [-0.4, -0.2) is 11.8 Å². The maximum atomic E-state index is 11.4. The van der Waals surface area contributed by atoms with Crippen molar-refractivity contribution in [2.24, 2.45) is 11.3 Å². The number of nitrogens with one attached hydrogen (secondary N) is 1. The quantitative estimate of drug-likeness (QED) is 0.572. The lowest BCUT2D eigenvalue weighted by Gasteiger charge is -2.29. The van der Waals surface area contributed by atoms with Crippen molar-refractivity contribution in [1.82, 2.24) is 5.32 Å². The molecule has 0 aliphatic carbocycles. The summed E-state index contributed by atoms with van der Waals surface area (Å²) in [7, 11) is 0. The van der Waals surface area contributed by atoms with Crippen LogP contribution in [0.15, 0.2) is 11.6 Å². The van der Waals surface area contributed by atoms with Crippen molar-refractivity contribution in [3.8, 4) is 0 Å². The number of amides is 2. The van der Waals surface area contributed by atoms with E-state index in [-0.39, 0.29) is 23.1 Å². The normalized spacial score (nSPS) is 24.0. The minimum absolute atomic E-state index is 0.133. The number of hydrogen-bond donors (Lipinski definition) is 1. The van der Waals surface area contributed by atoms with Crippen molar-refractivity contribution in [2.75, 3.05) is 0 Å². The van der Waals surface area contributed by atoms with Crippen LogP contribution in [0.1, 0.15) is 27.7 Å². The number of rotatable bonds is 0. The summed E-state index contributed by atoms with van der Waals surface area (Å²) in [6.07, 6.45) is 1.75. The molecule has 1 N–H and O–H groups in total. The highest BCUT2D eigenvalue weighted by molar-refractivity contribution is 6.08. The highest BCUT2D eigenvalue weighted by atomic mass is 16.2. The largest absolute Gasteiger partial charge is 0.292 e. The van der Waals surface area contributed by atoms with E-state index in [0.717, 1.165) is 0 Å². The molecule has 2 amide bonds. The summed E-state index contributed by atoms with van der Waals surface area (Å²) in [5, 5.41) is 2.34. The van der Waals surface area contributed by atoms with Gasteiger partial charge in [0.15, 0.2) is 0 Å². The first-order valence-electron chi connectivity index (χ1n) is 4.36. The van der Waals surface area contributed by atoms with E-state index in [1.165, 1.54) is 0 Å². The fourth-order valence-electron chi connectivity index (χ4n) is 1.33. The first-order valence-corrected chi connectivity index (χ1v) is 4.36. The molecule has 0 spiro atoms. The molecule has 0 aromatic carbocycles. The molecule has 72 valence electrons. The van der Waals surface area contributed by atoms with Gasteiger partial charge in [0.25, 0.3) is 5.91 Å². The van der Waals surface area contributed by atoms with Crippen LogP contribution in [0, 0.1) is 11.3 Å². The van der Waals surface area contributed by atoms with Gasteiger partial charge in [0.05, 0.1) is 5.92 Å². The van der Waals surface area contributed by atoms with Gasteiger partial charge in [0, 0.05) is 5.57 Å². The molecule has 1 heterocycles. The van der Waals surface area contributed by atoms with E-state index >= 15 is 0 Å². The van der Waals surface area contributed by atoms with Crippen LogP contribution in [0.4, 0.5) is 0 Å². The van der Waals surface area contributed by atoms with Crippen molar-refractivity contribution < 1.29 is 9.59 Å². The Morgan fingerprint density at radius 2 is 1.85 bits per heavy atom. The van der Waals surface area contributed by atoms with Gasteiger partial charge in [0.1, 0.15) is 0 Å². The third-order valence-electron chi connectivity index (χ3n) is 2.23. The van der Waals surface area contributed by atoms with Crippen molar-refractivity contribution in [2.45, 2.75) is 27.7 Å². The summed E-state index contributed by atoms with van der Waals surface area (Å²) >= 11 is 0. The maximum absolute atomic E-state index is 11.4. The van der Waals surface area contributed by atoms with Gasteiger partial charge in [-0.15, -0.1) is 0 Å². The van der Waals surface area contributed by atoms with Crippen molar-refractivity contribution in [3.63, 3.8) is 0 Å². The standard InChI is InChI=1S/C10H15NO2/c1-6-5-7(10(2,3)4)9(13)11-8(6)12/h5,7H,1-4H3,(H,11,12,13). The Hall–Kier alpha value is -1.12. The number of imide groups is 1. The van der Waals surface area contributed by atoms with Gasteiger partial charge < -0.3 is 0 Å². The van der Waals surface area contributed by atoms with E-state index in [9.17, 15) is 9.59 Å². The van der Waals surface area contributed by atoms with Crippen LogP contribution in [0.25, 0.3) is 0 Å². The molecule has 0 saturated heterocycles. The Bertz CT molecular complexity index is 284. The van der Waals surface area contributed by atoms with E-state index in [4.69, 9.17) is 0 Å². The SMILES string of the molecule is CC1=CC(C(C)(C)C)C(=O)NC1=O. The molecule has 0 radical (unpaired) electrons. The Kier molecular flexibility index (Phi) is 2.28. The first-order chi connectivity index (χ1) is 5.82. The molecule has 3 nitrogen and oxygen atoms in total. The molecule has 1 rings (SSSR count). The summed E-state index contributed by atoms with van der Waals surface area (Å²) < 4.78 is 0. The van der Waals surface area contributed by atoms with Gasteiger partial charge in [-0.05, 0) is 12.3 Å². The zero-order valence-electron chi connectivity index (χ0n) is 8.47. The van der Waals surface area contributed by atoms with E-state index in [1.807, 2.05) is 20.8 Å². The zero-order valence-corrected chi connectivity index (χ0v) is 8.47. The predicted octanol–water partition coefficient (Wildman–Crippen LogP) is 1.25. The lowest BCUT2D eigenvalue weighted by atomic mass is 9.78. The lowest BCUT2D eigenvalue weighted by molar-refractivity contribution is -0.133. The molecule has 3 heteroatoms. The van der Waals surface area contributed by atoms with E-state index in [2.05, 4.69) is 5.32 Å². The minimum atomic E-state index is -0.273. The Balaban J connectivity index is 3.01. The van der Waals surface area contributed by atoms with Crippen molar-refractivity contribution >= 4 is 11.8 Å². The number of carbonyl (C=O) groups excluding carboxylic acids is 2. The molecule has 0 bridgehead atoms. The van der Waals surface area contributed by atoms with Crippen LogP contribution < -0.4 is 5.32 Å². The molecular weight excluding hydrogens is 166 g/mol. The lowest BCUT2D eigenvalue weighted by Crippen LogP contribution is -2.44. The highest BCUT2D eigenvalue weighted by Gasteiger charge is 2.33. The Morgan fingerprint density at radius 3 is 2.31 bits per heavy atom. The minimum Gasteiger partial charge on any atom is -0.292 e. The monoisotopic (exact) mass is 181 g/mol. The molecule has 0 aromatic heterocycles. The molecule has 1 aliphatic rings. The molecule has 1 atom stereocenters. The topological polar surface area (TPSA) is 46.2 Å². The van der Waals surface area contributed by atoms with Gasteiger partial charge in [0.2, 0.25) is 5.91 Å². The van der Waals surface area contributed by atoms with Crippen molar-refractivity contribution in [3.05, 3.63) is 11.6 Å². The Labute approximate surface area is 78.2 Å². The van der Waals surface area contributed by atoms with Crippen LogP contribution in [0.5, 0.6) is 0 Å². The number of carbonyl (C=O) groups is 2. The summed E-state index contributed by atoms with van der Waals surface area (Å²) in [6.45, 7) is 7.67. The molecule has 1 unspecified atom stereocenters. The second kappa shape index (κ2) is 2.98. The van der Waals surface area contributed by atoms with E-state index in [0.29, 0.717) is 5.57 Å². The second-order valence-electron chi connectivity index (χ2n) is 4.51. The predicted molar refractivity (Wildman–Crippen MR) is 49.9 cm³/mol. The fraction of sp³-hybridized carbons (Fsp3) is 0.600. The molecule has 0 saturated carbocycles. The summed E-state index contributed by atoms with van der Waals surface area (Å²) in [5.74, 6) is -0.668. The van der Waals surface area contributed by atoms with Crippen LogP contribution >= 0.6 is 0 Å². The third kappa shape index (κ3) is 1.97. The van der Waals surface area contributed by atoms with Gasteiger partial charge in [-0.2, -0.15) is 0 Å². The van der Waals surface area contributed by atoms with Gasteiger partial charge in [-0.3, -0.25) is 14.9 Å². The maximum Gasteiger partial charge on any atom is 0.253 e. The molecule has 0 fully saturated rings. The number of hydrogen-bond acceptors (Lipinski definition) is 2. The average Bonchev–Trinajstić information content (AvgIpc) is 1.94. The summed E-state index contributed by atoms with van der Waals surface area (Å²) in [6, 6.07) is 0. The Morgan fingerprint density at radius 1 is 1.31 bits per heavy atom. The third-order valence-corrected chi connectivity index (χ3v) is 2.23. The smallest absolute Gasteiger partial charge is 0.253 e. The summed E-state index contributed by atoms with van der Waals surface area (Å²) in [5.41, 5.74) is 0.492. The van der Waals surface area contributed by atoms with E-state index in [1.54, 1.807) is 13.0 Å². The molecule has 0 aromatic rings. The fourth-order valence-corrected chi connectivity index (χ4v) is 1.33. The molecule has 13 heavy (non-hydrogen) atoms. The molecular formula is C10H15NO2. The van der Waals surface area contributed by atoms with Crippen LogP contribution in [-0.2, 0) is 9.59 Å². The van der Waals surface area contributed by atoms with Gasteiger partial charge in [-0.25, -0.2) is 0 Å². The highest BCUT2D eigenvalue weighted by Crippen LogP contribution is 2.29.